The number of rotatable bonds is 2. The molecule has 0 spiro atoms. The second kappa shape index (κ2) is 5.15. The summed E-state index contributed by atoms with van der Waals surface area (Å²) in [5.41, 5.74) is 0. The Hall–Kier alpha value is -0.610. The van der Waals surface area contributed by atoms with Crippen molar-refractivity contribution in [1.82, 2.24) is 10.6 Å². The molecule has 2 rings (SSSR count). The van der Waals surface area contributed by atoms with Gasteiger partial charge in [0.25, 0.3) is 0 Å². The second-order valence-corrected chi connectivity index (χ2v) is 5.21. The lowest BCUT2D eigenvalue weighted by atomic mass is 9.91. The monoisotopic (exact) mass is 226 g/mol. The van der Waals surface area contributed by atoms with E-state index < -0.39 is 0 Å². The van der Waals surface area contributed by atoms with Gasteiger partial charge in [-0.3, -0.25) is 4.79 Å². The summed E-state index contributed by atoms with van der Waals surface area (Å²) in [5, 5.41) is 16.0. The third kappa shape index (κ3) is 2.55. The summed E-state index contributed by atoms with van der Waals surface area (Å²) in [4.78, 5) is 12.0. The molecule has 16 heavy (non-hydrogen) atoms. The van der Waals surface area contributed by atoms with Crippen LogP contribution in [0.4, 0.5) is 0 Å². The molecule has 1 amide bonds. The number of amides is 1. The summed E-state index contributed by atoms with van der Waals surface area (Å²) in [5.74, 6) is 0.596. The Kier molecular flexibility index (Phi) is 3.82. The molecule has 1 saturated carbocycles. The summed E-state index contributed by atoms with van der Waals surface area (Å²) < 4.78 is 0. The molecule has 4 atom stereocenters. The maximum absolute atomic E-state index is 12.0. The summed E-state index contributed by atoms with van der Waals surface area (Å²) in [7, 11) is 0. The van der Waals surface area contributed by atoms with Gasteiger partial charge in [-0.1, -0.05) is 19.8 Å². The number of carbonyl (C=O) groups excluding carboxylic acids is 1. The zero-order chi connectivity index (χ0) is 11.5. The maximum Gasteiger partial charge on any atom is 0.225 e. The largest absolute Gasteiger partial charge is 0.391 e. The first-order valence-corrected chi connectivity index (χ1v) is 6.37. The van der Waals surface area contributed by atoms with Gasteiger partial charge in [-0.05, 0) is 25.3 Å². The van der Waals surface area contributed by atoms with Crippen LogP contribution in [0.3, 0.4) is 0 Å². The van der Waals surface area contributed by atoms with Gasteiger partial charge < -0.3 is 15.7 Å². The number of aliphatic hydroxyl groups excluding tert-OH is 1. The normalized spacial score (nSPS) is 39.6. The van der Waals surface area contributed by atoms with Crippen molar-refractivity contribution in [2.75, 3.05) is 13.1 Å². The fraction of sp³-hybridized carbons (Fsp3) is 0.917. The predicted octanol–water partition coefficient (Wildman–Crippen LogP) is 0.262. The van der Waals surface area contributed by atoms with Crippen LogP contribution < -0.4 is 10.6 Å². The Labute approximate surface area is 96.8 Å². The van der Waals surface area contributed by atoms with Crippen LogP contribution in [0.5, 0.6) is 0 Å². The quantitative estimate of drug-likeness (QED) is 0.633. The van der Waals surface area contributed by atoms with Gasteiger partial charge in [0.05, 0.1) is 18.1 Å². The molecule has 0 radical (unpaired) electrons. The van der Waals surface area contributed by atoms with Crippen LogP contribution >= 0.6 is 0 Å². The molecule has 2 aliphatic rings. The van der Waals surface area contributed by atoms with Crippen LogP contribution in [0.1, 0.15) is 32.6 Å². The van der Waals surface area contributed by atoms with Crippen molar-refractivity contribution in [1.29, 1.82) is 0 Å². The summed E-state index contributed by atoms with van der Waals surface area (Å²) in [6.45, 7) is 3.79. The van der Waals surface area contributed by atoms with Gasteiger partial charge in [-0.15, -0.1) is 0 Å². The van der Waals surface area contributed by atoms with E-state index in [9.17, 15) is 9.90 Å². The lowest BCUT2D eigenvalue weighted by Gasteiger charge is -2.29. The van der Waals surface area contributed by atoms with E-state index in [2.05, 4.69) is 17.6 Å². The predicted molar refractivity (Wildman–Crippen MR) is 61.9 cm³/mol. The van der Waals surface area contributed by atoms with Crippen molar-refractivity contribution in [2.45, 2.75) is 44.8 Å². The van der Waals surface area contributed by atoms with Crippen molar-refractivity contribution < 1.29 is 9.90 Å². The molecule has 0 aromatic heterocycles. The van der Waals surface area contributed by atoms with E-state index in [0.717, 1.165) is 38.8 Å². The van der Waals surface area contributed by atoms with Gasteiger partial charge in [0, 0.05) is 6.54 Å². The van der Waals surface area contributed by atoms with Crippen LogP contribution in [0.2, 0.25) is 0 Å². The molecule has 0 bridgehead atoms. The highest BCUT2D eigenvalue weighted by atomic mass is 16.3. The van der Waals surface area contributed by atoms with Crippen molar-refractivity contribution in [2.24, 2.45) is 11.8 Å². The van der Waals surface area contributed by atoms with Gasteiger partial charge in [-0.25, -0.2) is 0 Å². The molecule has 1 aliphatic heterocycles. The molecule has 2 fully saturated rings. The number of hydrogen-bond acceptors (Lipinski definition) is 3. The third-order valence-electron chi connectivity index (χ3n) is 3.91. The Morgan fingerprint density at radius 3 is 2.69 bits per heavy atom. The summed E-state index contributed by atoms with van der Waals surface area (Å²) in [6.07, 6.45) is 3.59. The number of carbonyl (C=O) groups is 1. The maximum atomic E-state index is 12.0. The highest BCUT2D eigenvalue weighted by molar-refractivity contribution is 5.79. The molecule has 4 nitrogen and oxygen atoms in total. The van der Waals surface area contributed by atoms with E-state index in [1.807, 2.05) is 0 Å². The van der Waals surface area contributed by atoms with E-state index >= 15 is 0 Å². The van der Waals surface area contributed by atoms with E-state index in [4.69, 9.17) is 0 Å². The van der Waals surface area contributed by atoms with Gasteiger partial charge in [0.2, 0.25) is 5.91 Å². The minimum atomic E-state index is -0.345. The van der Waals surface area contributed by atoms with Gasteiger partial charge in [-0.2, -0.15) is 0 Å². The summed E-state index contributed by atoms with van der Waals surface area (Å²) in [6, 6.07) is -0.0194. The van der Waals surface area contributed by atoms with Crippen LogP contribution in [0.25, 0.3) is 0 Å². The Balaban J connectivity index is 1.86. The zero-order valence-electron chi connectivity index (χ0n) is 9.91. The van der Waals surface area contributed by atoms with Crippen LogP contribution in [-0.2, 0) is 4.79 Å². The number of nitrogens with one attached hydrogen (secondary N) is 2. The summed E-state index contributed by atoms with van der Waals surface area (Å²) >= 11 is 0. The minimum absolute atomic E-state index is 0.0194. The van der Waals surface area contributed by atoms with Crippen LogP contribution in [0, 0.1) is 11.8 Å². The Bertz CT molecular complexity index is 257. The van der Waals surface area contributed by atoms with Crippen molar-refractivity contribution >= 4 is 5.91 Å². The molecule has 0 unspecified atom stereocenters. The fourth-order valence-electron chi connectivity index (χ4n) is 2.73. The average Bonchev–Trinajstić information content (AvgIpc) is 2.68. The van der Waals surface area contributed by atoms with Gasteiger partial charge in [0.15, 0.2) is 0 Å². The molecular formula is C12H22N2O2. The molecule has 92 valence electrons. The molecule has 1 aliphatic carbocycles. The molecule has 0 aromatic carbocycles. The van der Waals surface area contributed by atoms with E-state index in [1.165, 1.54) is 0 Å². The van der Waals surface area contributed by atoms with Crippen LogP contribution in [-0.4, -0.2) is 36.2 Å². The smallest absolute Gasteiger partial charge is 0.225 e. The first-order valence-electron chi connectivity index (χ1n) is 6.37. The second-order valence-electron chi connectivity index (χ2n) is 5.21. The van der Waals surface area contributed by atoms with Crippen molar-refractivity contribution in [3.05, 3.63) is 0 Å². The Morgan fingerprint density at radius 2 is 2.06 bits per heavy atom. The van der Waals surface area contributed by atoms with Gasteiger partial charge in [0.1, 0.15) is 0 Å². The highest BCUT2D eigenvalue weighted by Crippen LogP contribution is 2.21. The van der Waals surface area contributed by atoms with E-state index in [-0.39, 0.29) is 24.0 Å². The SMILES string of the molecule is C[C@@H]1CNC[C@H]1C(=O)N[C@@H]1CCCC[C@H]1O. The molecule has 1 saturated heterocycles. The number of aliphatic hydroxyl groups is 1. The lowest BCUT2D eigenvalue weighted by Crippen LogP contribution is -2.48. The first kappa shape index (κ1) is 11.9. The molecule has 0 aromatic rings. The zero-order valence-corrected chi connectivity index (χ0v) is 9.91. The van der Waals surface area contributed by atoms with Crippen LogP contribution in [0.15, 0.2) is 0 Å². The van der Waals surface area contributed by atoms with Crippen molar-refractivity contribution in [3.8, 4) is 0 Å². The lowest BCUT2D eigenvalue weighted by molar-refractivity contribution is -0.127. The molecular weight excluding hydrogens is 204 g/mol. The molecule has 1 heterocycles. The van der Waals surface area contributed by atoms with E-state index in [1.54, 1.807) is 0 Å². The minimum Gasteiger partial charge on any atom is -0.391 e. The topological polar surface area (TPSA) is 61.4 Å². The first-order chi connectivity index (χ1) is 7.68. The highest BCUT2D eigenvalue weighted by Gasteiger charge is 2.32. The molecule has 3 N–H and O–H groups in total. The fourth-order valence-corrected chi connectivity index (χ4v) is 2.73. The molecule has 4 heteroatoms. The third-order valence-corrected chi connectivity index (χ3v) is 3.91. The standard InChI is InChI=1S/C12H22N2O2/c1-8-6-13-7-9(8)12(16)14-10-4-2-3-5-11(10)15/h8-11,13,15H,2-7H2,1H3,(H,14,16)/t8-,9-,10-,11-/m1/s1. The number of hydrogen-bond donors (Lipinski definition) is 3. The van der Waals surface area contributed by atoms with Gasteiger partial charge >= 0.3 is 0 Å². The average molecular weight is 226 g/mol. The van der Waals surface area contributed by atoms with E-state index in [0.29, 0.717) is 5.92 Å². The van der Waals surface area contributed by atoms with Crippen molar-refractivity contribution in [3.63, 3.8) is 0 Å². The Morgan fingerprint density at radius 1 is 1.31 bits per heavy atom.